The minimum Gasteiger partial charge on any atom is -0.478 e. The van der Waals surface area contributed by atoms with Crippen LogP contribution in [0.3, 0.4) is 0 Å². The number of nitriles is 1. The molecule has 1 heterocycles. The molecular weight excluding hydrogens is 235 g/mol. The van der Waals surface area contributed by atoms with E-state index in [0.29, 0.717) is 5.56 Å². The molecule has 0 spiro atoms. The van der Waals surface area contributed by atoms with Gasteiger partial charge >= 0.3 is 5.97 Å². The average Bonchev–Trinajstić information content (AvgIpc) is 2.38. The summed E-state index contributed by atoms with van der Waals surface area (Å²) in [7, 11) is 0. The summed E-state index contributed by atoms with van der Waals surface area (Å²) < 4.78 is 13.5. The van der Waals surface area contributed by atoms with E-state index in [1.165, 1.54) is 30.6 Å². The maximum Gasteiger partial charge on any atom is 0.339 e. The fourth-order valence-corrected chi connectivity index (χ4v) is 1.63. The molecule has 18 heavy (non-hydrogen) atoms. The lowest BCUT2D eigenvalue weighted by atomic mass is 10.00. The average molecular weight is 242 g/mol. The Bertz CT molecular complexity index is 662. The minimum absolute atomic E-state index is 0.201. The van der Waals surface area contributed by atoms with E-state index >= 15 is 0 Å². The number of hydrogen-bond acceptors (Lipinski definition) is 3. The first kappa shape index (κ1) is 11.7. The number of benzene rings is 1. The van der Waals surface area contributed by atoms with E-state index in [9.17, 15) is 9.18 Å². The van der Waals surface area contributed by atoms with Gasteiger partial charge in [-0.25, -0.2) is 9.18 Å². The van der Waals surface area contributed by atoms with Crippen LogP contribution in [-0.2, 0) is 0 Å². The zero-order valence-electron chi connectivity index (χ0n) is 9.09. The van der Waals surface area contributed by atoms with Crippen molar-refractivity contribution in [3.8, 4) is 17.2 Å². The Hall–Kier alpha value is -2.74. The quantitative estimate of drug-likeness (QED) is 0.877. The number of rotatable bonds is 2. The molecule has 0 unspecified atom stereocenters. The van der Waals surface area contributed by atoms with E-state index in [1.54, 1.807) is 0 Å². The molecule has 4 nitrogen and oxygen atoms in total. The van der Waals surface area contributed by atoms with Crippen LogP contribution in [0.1, 0.15) is 15.9 Å². The van der Waals surface area contributed by atoms with Crippen molar-refractivity contribution in [2.45, 2.75) is 0 Å². The fourth-order valence-electron chi connectivity index (χ4n) is 1.63. The van der Waals surface area contributed by atoms with E-state index < -0.39 is 17.3 Å². The molecule has 0 saturated carbocycles. The highest BCUT2D eigenvalue weighted by atomic mass is 19.1. The van der Waals surface area contributed by atoms with Crippen LogP contribution < -0.4 is 0 Å². The van der Waals surface area contributed by atoms with Crippen molar-refractivity contribution in [3.05, 3.63) is 53.6 Å². The predicted octanol–water partition coefficient (Wildman–Crippen LogP) is 2.46. The Balaban J connectivity index is 2.68. The van der Waals surface area contributed by atoms with Crippen LogP contribution in [0.2, 0.25) is 0 Å². The van der Waals surface area contributed by atoms with Gasteiger partial charge in [0, 0.05) is 23.5 Å². The molecule has 0 amide bonds. The smallest absolute Gasteiger partial charge is 0.339 e. The van der Waals surface area contributed by atoms with Crippen LogP contribution in [0.4, 0.5) is 4.39 Å². The number of carboxylic acid groups (broad SMARTS) is 1. The van der Waals surface area contributed by atoms with Gasteiger partial charge in [0.15, 0.2) is 0 Å². The molecule has 1 N–H and O–H groups in total. The van der Waals surface area contributed by atoms with Gasteiger partial charge in [0.25, 0.3) is 0 Å². The van der Waals surface area contributed by atoms with Crippen LogP contribution in [0.25, 0.3) is 11.1 Å². The van der Waals surface area contributed by atoms with Crippen molar-refractivity contribution in [3.63, 3.8) is 0 Å². The van der Waals surface area contributed by atoms with Crippen LogP contribution in [0.5, 0.6) is 0 Å². The first-order valence-electron chi connectivity index (χ1n) is 5.01. The lowest BCUT2D eigenvalue weighted by Crippen LogP contribution is -2.03. The van der Waals surface area contributed by atoms with Crippen LogP contribution >= 0.6 is 0 Å². The van der Waals surface area contributed by atoms with Crippen LogP contribution in [0.15, 0.2) is 36.7 Å². The van der Waals surface area contributed by atoms with Gasteiger partial charge in [-0.15, -0.1) is 0 Å². The summed E-state index contributed by atoms with van der Waals surface area (Å²) in [6.45, 7) is 0. The third kappa shape index (κ3) is 2.04. The van der Waals surface area contributed by atoms with E-state index in [0.717, 1.165) is 6.07 Å². The Labute approximate surface area is 102 Å². The summed E-state index contributed by atoms with van der Waals surface area (Å²) in [6, 6.07) is 7.33. The van der Waals surface area contributed by atoms with E-state index in [-0.39, 0.29) is 11.1 Å². The van der Waals surface area contributed by atoms with Crippen molar-refractivity contribution < 1.29 is 14.3 Å². The minimum atomic E-state index is -1.36. The van der Waals surface area contributed by atoms with Gasteiger partial charge in [-0.1, -0.05) is 12.1 Å². The first-order valence-corrected chi connectivity index (χ1v) is 5.01. The van der Waals surface area contributed by atoms with Crippen molar-refractivity contribution in [1.82, 2.24) is 4.98 Å². The van der Waals surface area contributed by atoms with Crippen molar-refractivity contribution in [2.24, 2.45) is 0 Å². The second-order valence-corrected chi connectivity index (χ2v) is 3.54. The normalized spacial score (nSPS) is 9.78. The predicted molar refractivity (Wildman–Crippen MR) is 61.3 cm³/mol. The molecule has 0 aliphatic rings. The summed E-state index contributed by atoms with van der Waals surface area (Å²) in [4.78, 5) is 14.9. The summed E-state index contributed by atoms with van der Waals surface area (Å²) in [5.41, 5.74) is 0.459. The molecule has 0 atom stereocenters. The monoisotopic (exact) mass is 242 g/mol. The van der Waals surface area contributed by atoms with Gasteiger partial charge < -0.3 is 5.11 Å². The van der Waals surface area contributed by atoms with Crippen molar-refractivity contribution in [2.75, 3.05) is 0 Å². The largest absolute Gasteiger partial charge is 0.478 e. The van der Waals surface area contributed by atoms with Gasteiger partial charge in [-0.3, -0.25) is 4.98 Å². The summed E-state index contributed by atoms with van der Waals surface area (Å²) in [6.07, 6.45) is 2.74. The van der Waals surface area contributed by atoms with Crippen LogP contribution in [0, 0.1) is 17.1 Å². The number of pyridine rings is 1. The number of carbonyl (C=O) groups is 1. The molecule has 0 fully saturated rings. The molecule has 5 heteroatoms. The molecule has 0 radical (unpaired) electrons. The van der Waals surface area contributed by atoms with Crippen molar-refractivity contribution in [1.29, 1.82) is 5.26 Å². The summed E-state index contributed by atoms with van der Waals surface area (Å²) in [5.74, 6) is -2.17. The number of nitrogens with zero attached hydrogens (tertiary/aromatic N) is 2. The number of halogens is 1. The zero-order valence-corrected chi connectivity index (χ0v) is 9.09. The first-order chi connectivity index (χ1) is 8.63. The molecule has 0 saturated heterocycles. The molecular formula is C13H7FN2O2. The molecule has 0 aliphatic carbocycles. The van der Waals surface area contributed by atoms with E-state index in [2.05, 4.69) is 4.98 Å². The maximum atomic E-state index is 13.5. The van der Waals surface area contributed by atoms with Crippen molar-refractivity contribution >= 4 is 5.97 Å². The Morgan fingerprint density at radius 2 is 2.17 bits per heavy atom. The number of carboxylic acids is 1. The Morgan fingerprint density at radius 3 is 2.83 bits per heavy atom. The van der Waals surface area contributed by atoms with E-state index in [4.69, 9.17) is 10.4 Å². The SMILES string of the molecule is N#Cc1cncc(-c2cccc(F)c2C(=O)O)c1. The second-order valence-electron chi connectivity index (χ2n) is 3.54. The number of aromatic nitrogens is 1. The van der Waals surface area contributed by atoms with Gasteiger partial charge in [0.1, 0.15) is 17.4 Å². The molecule has 2 rings (SSSR count). The number of hydrogen-bond donors (Lipinski definition) is 1. The van der Waals surface area contributed by atoms with Gasteiger partial charge in [0.05, 0.1) is 5.56 Å². The van der Waals surface area contributed by atoms with E-state index in [1.807, 2.05) is 6.07 Å². The second kappa shape index (κ2) is 4.63. The van der Waals surface area contributed by atoms with Gasteiger partial charge in [-0.2, -0.15) is 5.26 Å². The molecule has 1 aromatic carbocycles. The highest BCUT2D eigenvalue weighted by molar-refractivity contribution is 5.96. The lowest BCUT2D eigenvalue weighted by molar-refractivity contribution is 0.0693. The van der Waals surface area contributed by atoms with Gasteiger partial charge in [0.2, 0.25) is 0 Å². The highest BCUT2D eigenvalue weighted by Crippen LogP contribution is 2.25. The highest BCUT2D eigenvalue weighted by Gasteiger charge is 2.17. The summed E-state index contributed by atoms with van der Waals surface area (Å²) >= 11 is 0. The third-order valence-corrected chi connectivity index (χ3v) is 2.41. The molecule has 1 aromatic heterocycles. The third-order valence-electron chi connectivity index (χ3n) is 2.41. The Kier molecular flexibility index (Phi) is 3.02. The molecule has 0 aliphatic heterocycles. The Morgan fingerprint density at radius 1 is 1.39 bits per heavy atom. The molecule has 0 bridgehead atoms. The number of aromatic carboxylic acids is 1. The fraction of sp³-hybridized carbons (Fsp3) is 0. The van der Waals surface area contributed by atoms with Crippen LogP contribution in [-0.4, -0.2) is 16.1 Å². The lowest BCUT2D eigenvalue weighted by Gasteiger charge is -2.06. The molecule has 2 aromatic rings. The zero-order chi connectivity index (χ0) is 13.1. The molecule has 88 valence electrons. The maximum absolute atomic E-state index is 13.5. The standard InChI is InChI=1S/C13H7FN2O2/c14-11-3-1-2-10(12(11)13(17)18)9-4-8(5-15)6-16-7-9/h1-4,6-7H,(H,17,18). The van der Waals surface area contributed by atoms with Gasteiger partial charge in [-0.05, 0) is 12.1 Å². The summed E-state index contributed by atoms with van der Waals surface area (Å²) in [5, 5.41) is 17.8. The topological polar surface area (TPSA) is 74.0 Å².